The molecule has 2 aliphatic rings. The van der Waals surface area contributed by atoms with Crippen molar-refractivity contribution in [2.75, 3.05) is 26.2 Å². The Morgan fingerprint density at radius 1 is 1.57 bits per heavy atom. The van der Waals surface area contributed by atoms with Crippen LogP contribution in [0.3, 0.4) is 0 Å². The van der Waals surface area contributed by atoms with Crippen LogP contribution >= 0.6 is 0 Å². The normalized spacial score (nSPS) is 29.2. The fourth-order valence-electron chi connectivity index (χ4n) is 2.36. The third kappa shape index (κ3) is 2.82. The molecule has 0 aliphatic carbocycles. The number of nitrogens with one attached hydrogen (secondary N) is 1. The molecule has 2 heterocycles. The average molecular weight is 194 g/mol. The monoisotopic (exact) mass is 194 g/mol. The van der Waals surface area contributed by atoms with Gasteiger partial charge in [0.25, 0.3) is 0 Å². The zero-order chi connectivity index (χ0) is 9.80. The van der Waals surface area contributed by atoms with Crippen molar-refractivity contribution in [3.05, 3.63) is 11.6 Å². The van der Waals surface area contributed by atoms with Gasteiger partial charge in [0.05, 0.1) is 0 Å². The predicted molar refractivity (Wildman–Crippen MR) is 60.5 cm³/mol. The molecule has 80 valence electrons. The Balaban J connectivity index is 1.66. The van der Waals surface area contributed by atoms with E-state index in [1.165, 1.54) is 51.9 Å². The van der Waals surface area contributed by atoms with Crippen LogP contribution in [0, 0.1) is 0 Å². The first-order chi connectivity index (χ1) is 6.84. The molecule has 2 aliphatic heterocycles. The van der Waals surface area contributed by atoms with Crippen LogP contribution in [-0.2, 0) is 0 Å². The third-order valence-corrected chi connectivity index (χ3v) is 3.48. The molecule has 0 spiro atoms. The standard InChI is InChI=1S/C12H22N2/c1-11-4-8-14(9-5-11)10-6-12-3-2-7-13-12/h4,12-13H,2-3,5-10H2,1H3. The molecular weight excluding hydrogens is 172 g/mol. The van der Waals surface area contributed by atoms with Crippen LogP contribution in [0.1, 0.15) is 32.6 Å². The molecule has 0 radical (unpaired) electrons. The molecular formula is C12H22N2. The molecule has 2 rings (SSSR count). The first-order valence-corrected chi connectivity index (χ1v) is 5.96. The molecule has 0 saturated carbocycles. The van der Waals surface area contributed by atoms with Crippen LogP contribution in [0.15, 0.2) is 11.6 Å². The van der Waals surface area contributed by atoms with E-state index < -0.39 is 0 Å². The maximum Gasteiger partial charge on any atom is 0.0165 e. The predicted octanol–water partition coefficient (Wildman–Crippen LogP) is 1.78. The van der Waals surface area contributed by atoms with Gasteiger partial charge in [0.2, 0.25) is 0 Å². The van der Waals surface area contributed by atoms with Crippen molar-refractivity contribution in [2.24, 2.45) is 0 Å². The summed E-state index contributed by atoms with van der Waals surface area (Å²) in [7, 11) is 0. The summed E-state index contributed by atoms with van der Waals surface area (Å²) in [5, 5.41) is 3.56. The van der Waals surface area contributed by atoms with Gasteiger partial charge in [-0.3, -0.25) is 4.90 Å². The van der Waals surface area contributed by atoms with Gasteiger partial charge in [0.15, 0.2) is 0 Å². The minimum Gasteiger partial charge on any atom is -0.314 e. The molecule has 0 bridgehead atoms. The number of nitrogens with zero attached hydrogens (tertiary/aromatic N) is 1. The molecule has 2 nitrogen and oxygen atoms in total. The minimum absolute atomic E-state index is 0.807. The summed E-state index contributed by atoms with van der Waals surface area (Å²) in [6.45, 7) is 7.22. The lowest BCUT2D eigenvalue weighted by Gasteiger charge is -2.26. The molecule has 14 heavy (non-hydrogen) atoms. The average Bonchev–Trinajstić information content (AvgIpc) is 2.70. The van der Waals surface area contributed by atoms with Gasteiger partial charge in [-0.2, -0.15) is 0 Å². The number of rotatable bonds is 3. The van der Waals surface area contributed by atoms with E-state index >= 15 is 0 Å². The Bertz CT molecular complexity index is 204. The van der Waals surface area contributed by atoms with E-state index in [4.69, 9.17) is 0 Å². The summed E-state index contributed by atoms with van der Waals surface area (Å²) >= 11 is 0. The highest BCUT2D eigenvalue weighted by molar-refractivity contribution is 5.03. The van der Waals surface area contributed by atoms with E-state index in [0.29, 0.717) is 0 Å². The SMILES string of the molecule is CC1=CCN(CCC2CCCN2)CC1. The maximum absolute atomic E-state index is 3.56. The molecule has 1 N–H and O–H groups in total. The first-order valence-electron chi connectivity index (χ1n) is 5.96. The van der Waals surface area contributed by atoms with Crippen molar-refractivity contribution in [1.82, 2.24) is 10.2 Å². The van der Waals surface area contributed by atoms with Crippen molar-refractivity contribution in [3.8, 4) is 0 Å². The van der Waals surface area contributed by atoms with Crippen molar-refractivity contribution in [2.45, 2.75) is 38.6 Å². The highest BCUT2D eigenvalue weighted by Crippen LogP contribution is 2.13. The highest BCUT2D eigenvalue weighted by Gasteiger charge is 2.16. The quantitative estimate of drug-likeness (QED) is 0.689. The van der Waals surface area contributed by atoms with Crippen LogP contribution in [0.25, 0.3) is 0 Å². The molecule has 2 heteroatoms. The molecule has 0 aromatic carbocycles. The summed E-state index contributed by atoms with van der Waals surface area (Å²) in [6.07, 6.45) is 7.77. The zero-order valence-electron chi connectivity index (χ0n) is 9.26. The van der Waals surface area contributed by atoms with E-state index in [0.717, 1.165) is 6.04 Å². The van der Waals surface area contributed by atoms with Crippen molar-refractivity contribution < 1.29 is 0 Å². The van der Waals surface area contributed by atoms with E-state index in [1.54, 1.807) is 5.57 Å². The topological polar surface area (TPSA) is 15.3 Å². The molecule has 0 aromatic heterocycles. The fourth-order valence-corrected chi connectivity index (χ4v) is 2.36. The van der Waals surface area contributed by atoms with Crippen LogP contribution in [0.4, 0.5) is 0 Å². The number of hydrogen-bond acceptors (Lipinski definition) is 2. The van der Waals surface area contributed by atoms with Gasteiger partial charge in [-0.05, 0) is 45.7 Å². The first kappa shape index (κ1) is 10.2. The van der Waals surface area contributed by atoms with Gasteiger partial charge in [0.1, 0.15) is 0 Å². The fraction of sp³-hybridized carbons (Fsp3) is 0.833. The van der Waals surface area contributed by atoms with Gasteiger partial charge < -0.3 is 5.32 Å². The highest BCUT2D eigenvalue weighted by atomic mass is 15.1. The lowest BCUT2D eigenvalue weighted by atomic mass is 10.1. The van der Waals surface area contributed by atoms with E-state index in [2.05, 4.69) is 23.2 Å². The Hall–Kier alpha value is -0.340. The lowest BCUT2D eigenvalue weighted by molar-refractivity contribution is 0.277. The molecule has 1 unspecified atom stereocenters. The van der Waals surface area contributed by atoms with Crippen LogP contribution < -0.4 is 5.32 Å². The van der Waals surface area contributed by atoms with Gasteiger partial charge in [-0.25, -0.2) is 0 Å². The van der Waals surface area contributed by atoms with Gasteiger partial charge in [0, 0.05) is 19.1 Å². The van der Waals surface area contributed by atoms with E-state index in [9.17, 15) is 0 Å². The molecule has 1 saturated heterocycles. The Labute approximate surface area is 87.4 Å². The van der Waals surface area contributed by atoms with E-state index in [1.807, 2.05) is 0 Å². The van der Waals surface area contributed by atoms with Crippen molar-refractivity contribution >= 4 is 0 Å². The van der Waals surface area contributed by atoms with Crippen molar-refractivity contribution in [1.29, 1.82) is 0 Å². The molecule has 1 fully saturated rings. The Morgan fingerprint density at radius 2 is 2.50 bits per heavy atom. The largest absolute Gasteiger partial charge is 0.314 e. The van der Waals surface area contributed by atoms with Gasteiger partial charge >= 0.3 is 0 Å². The molecule has 1 atom stereocenters. The van der Waals surface area contributed by atoms with E-state index in [-0.39, 0.29) is 0 Å². The van der Waals surface area contributed by atoms with Crippen molar-refractivity contribution in [3.63, 3.8) is 0 Å². The second-order valence-electron chi connectivity index (χ2n) is 4.68. The second-order valence-corrected chi connectivity index (χ2v) is 4.68. The molecule has 0 aromatic rings. The maximum atomic E-state index is 3.56. The summed E-state index contributed by atoms with van der Waals surface area (Å²) in [4.78, 5) is 2.58. The van der Waals surface area contributed by atoms with Crippen LogP contribution in [-0.4, -0.2) is 37.1 Å². The third-order valence-electron chi connectivity index (χ3n) is 3.48. The van der Waals surface area contributed by atoms with Crippen LogP contribution in [0.2, 0.25) is 0 Å². The summed E-state index contributed by atoms with van der Waals surface area (Å²) in [6, 6.07) is 0.807. The number of hydrogen-bond donors (Lipinski definition) is 1. The summed E-state index contributed by atoms with van der Waals surface area (Å²) < 4.78 is 0. The summed E-state index contributed by atoms with van der Waals surface area (Å²) in [5.41, 5.74) is 1.57. The smallest absolute Gasteiger partial charge is 0.0165 e. The zero-order valence-corrected chi connectivity index (χ0v) is 9.26. The Morgan fingerprint density at radius 3 is 3.14 bits per heavy atom. The minimum atomic E-state index is 0.807. The second kappa shape index (κ2) is 4.94. The van der Waals surface area contributed by atoms with Crippen LogP contribution in [0.5, 0.6) is 0 Å². The summed E-state index contributed by atoms with van der Waals surface area (Å²) in [5.74, 6) is 0. The lowest BCUT2D eigenvalue weighted by Crippen LogP contribution is -2.33. The Kier molecular flexibility index (Phi) is 3.60. The molecule has 0 amide bonds. The van der Waals surface area contributed by atoms with Gasteiger partial charge in [-0.15, -0.1) is 0 Å². The van der Waals surface area contributed by atoms with Gasteiger partial charge in [-0.1, -0.05) is 11.6 Å².